The molecule has 1 aromatic carbocycles. The van der Waals surface area contributed by atoms with Crippen molar-refractivity contribution in [3.8, 4) is 0 Å². The van der Waals surface area contributed by atoms with Crippen LogP contribution in [0, 0.1) is 0 Å². The van der Waals surface area contributed by atoms with E-state index in [1.807, 2.05) is 6.07 Å². The number of anilines is 2. The summed E-state index contributed by atoms with van der Waals surface area (Å²) in [7, 11) is 2.11. The first-order valence-corrected chi connectivity index (χ1v) is 6.14. The van der Waals surface area contributed by atoms with Gasteiger partial charge in [0.2, 0.25) is 0 Å². The van der Waals surface area contributed by atoms with Crippen LogP contribution >= 0.6 is 0 Å². The predicted molar refractivity (Wildman–Crippen MR) is 72.1 cm³/mol. The van der Waals surface area contributed by atoms with Crippen LogP contribution in [-0.4, -0.2) is 49.2 Å². The van der Waals surface area contributed by atoms with Crippen LogP contribution in [0.3, 0.4) is 0 Å². The molecule has 0 radical (unpaired) electrons. The van der Waals surface area contributed by atoms with Crippen LogP contribution in [0.5, 0.6) is 0 Å². The minimum Gasteiger partial charge on any atom is -0.478 e. The van der Waals surface area contributed by atoms with Gasteiger partial charge in [0.1, 0.15) is 0 Å². The second-order valence-corrected chi connectivity index (χ2v) is 4.72. The van der Waals surface area contributed by atoms with E-state index in [1.165, 1.54) is 0 Å². The first-order valence-electron chi connectivity index (χ1n) is 6.14. The molecule has 0 unspecified atom stereocenters. The molecular formula is C13H19N3O2. The molecule has 1 saturated heterocycles. The zero-order valence-corrected chi connectivity index (χ0v) is 10.6. The molecule has 0 amide bonds. The van der Waals surface area contributed by atoms with E-state index in [9.17, 15) is 4.79 Å². The molecule has 0 spiro atoms. The summed E-state index contributed by atoms with van der Waals surface area (Å²) < 4.78 is 0. The molecule has 1 fully saturated rings. The van der Waals surface area contributed by atoms with E-state index in [4.69, 9.17) is 10.8 Å². The van der Waals surface area contributed by atoms with Gasteiger partial charge < -0.3 is 20.6 Å². The van der Waals surface area contributed by atoms with Gasteiger partial charge >= 0.3 is 5.97 Å². The van der Waals surface area contributed by atoms with Crippen LogP contribution in [-0.2, 0) is 0 Å². The molecule has 1 aromatic rings. The number of likely N-dealkylation sites (N-methyl/N-ethyl adjacent to an activating group) is 1. The molecule has 98 valence electrons. The summed E-state index contributed by atoms with van der Waals surface area (Å²) in [6.07, 6.45) is 1.09. The predicted octanol–water partition coefficient (Wildman–Crippen LogP) is 1.11. The standard InChI is InChI=1S/C13H19N3O2/c1-15-5-2-6-16(8-7-15)10-3-4-12(14)11(9-10)13(17)18/h3-4,9H,2,5-8,14H2,1H3,(H,17,18). The van der Waals surface area contributed by atoms with Crippen molar-refractivity contribution in [1.82, 2.24) is 4.90 Å². The van der Waals surface area contributed by atoms with Crippen LogP contribution in [0.1, 0.15) is 16.8 Å². The van der Waals surface area contributed by atoms with Crippen molar-refractivity contribution in [1.29, 1.82) is 0 Å². The quantitative estimate of drug-likeness (QED) is 0.768. The lowest BCUT2D eigenvalue weighted by Crippen LogP contribution is -2.28. The zero-order chi connectivity index (χ0) is 13.1. The maximum Gasteiger partial charge on any atom is 0.337 e. The van der Waals surface area contributed by atoms with Crippen molar-refractivity contribution >= 4 is 17.3 Å². The second-order valence-electron chi connectivity index (χ2n) is 4.72. The number of nitrogens with two attached hydrogens (primary N) is 1. The molecule has 2 rings (SSSR count). The van der Waals surface area contributed by atoms with Crippen molar-refractivity contribution in [2.75, 3.05) is 43.9 Å². The highest BCUT2D eigenvalue weighted by Gasteiger charge is 2.15. The van der Waals surface area contributed by atoms with Gasteiger partial charge in [0.05, 0.1) is 5.56 Å². The topological polar surface area (TPSA) is 69.8 Å². The normalized spacial score (nSPS) is 17.5. The molecule has 0 saturated carbocycles. The highest BCUT2D eigenvalue weighted by Crippen LogP contribution is 2.22. The van der Waals surface area contributed by atoms with Crippen LogP contribution in [0.15, 0.2) is 18.2 Å². The number of carboxylic acid groups (broad SMARTS) is 1. The Hall–Kier alpha value is -1.75. The fourth-order valence-corrected chi connectivity index (χ4v) is 2.23. The lowest BCUT2D eigenvalue weighted by Gasteiger charge is -2.23. The molecular weight excluding hydrogens is 230 g/mol. The van der Waals surface area contributed by atoms with Gasteiger partial charge in [0, 0.05) is 31.0 Å². The van der Waals surface area contributed by atoms with Gasteiger partial charge in [0.25, 0.3) is 0 Å². The smallest absolute Gasteiger partial charge is 0.337 e. The van der Waals surface area contributed by atoms with E-state index in [-0.39, 0.29) is 5.56 Å². The minimum absolute atomic E-state index is 0.185. The Balaban J connectivity index is 2.22. The van der Waals surface area contributed by atoms with Gasteiger partial charge in [-0.2, -0.15) is 0 Å². The van der Waals surface area contributed by atoms with Crippen molar-refractivity contribution in [2.24, 2.45) is 0 Å². The highest BCUT2D eigenvalue weighted by molar-refractivity contribution is 5.94. The Kier molecular flexibility index (Phi) is 3.72. The van der Waals surface area contributed by atoms with E-state index in [2.05, 4.69) is 16.8 Å². The Bertz CT molecular complexity index is 448. The molecule has 5 heteroatoms. The number of hydrogen-bond acceptors (Lipinski definition) is 4. The molecule has 0 aliphatic carbocycles. The van der Waals surface area contributed by atoms with Gasteiger partial charge in [-0.3, -0.25) is 0 Å². The van der Waals surface area contributed by atoms with Crippen LogP contribution in [0.4, 0.5) is 11.4 Å². The summed E-state index contributed by atoms with van der Waals surface area (Å²) in [5.74, 6) is -0.971. The first-order chi connectivity index (χ1) is 8.58. The summed E-state index contributed by atoms with van der Waals surface area (Å²) in [6, 6.07) is 5.24. The van der Waals surface area contributed by atoms with Crippen molar-refractivity contribution < 1.29 is 9.90 Å². The Morgan fingerprint density at radius 3 is 2.78 bits per heavy atom. The second kappa shape index (κ2) is 5.27. The zero-order valence-electron chi connectivity index (χ0n) is 10.6. The molecule has 18 heavy (non-hydrogen) atoms. The van der Waals surface area contributed by atoms with E-state index in [0.717, 1.165) is 38.3 Å². The lowest BCUT2D eigenvalue weighted by atomic mass is 10.1. The van der Waals surface area contributed by atoms with Crippen LogP contribution in [0.2, 0.25) is 0 Å². The number of benzene rings is 1. The molecule has 0 aromatic heterocycles. The first kappa shape index (κ1) is 12.7. The van der Waals surface area contributed by atoms with E-state index >= 15 is 0 Å². The van der Waals surface area contributed by atoms with Gasteiger partial charge in [-0.25, -0.2) is 4.79 Å². The van der Waals surface area contributed by atoms with Gasteiger partial charge in [-0.05, 0) is 38.2 Å². The summed E-state index contributed by atoms with van der Waals surface area (Å²) in [5.41, 5.74) is 7.11. The van der Waals surface area contributed by atoms with Gasteiger partial charge in [-0.1, -0.05) is 0 Å². The molecule has 0 bridgehead atoms. The third-order valence-corrected chi connectivity index (χ3v) is 3.35. The van der Waals surface area contributed by atoms with E-state index < -0.39 is 5.97 Å². The third-order valence-electron chi connectivity index (χ3n) is 3.35. The van der Waals surface area contributed by atoms with Crippen LogP contribution < -0.4 is 10.6 Å². The average Bonchev–Trinajstić information content (AvgIpc) is 2.54. The minimum atomic E-state index is -0.971. The number of nitrogen functional groups attached to an aromatic ring is 1. The summed E-state index contributed by atoms with van der Waals surface area (Å²) in [4.78, 5) is 15.6. The summed E-state index contributed by atoms with van der Waals surface area (Å²) >= 11 is 0. The maximum absolute atomic E-state index is 11.1. The number of rotatable bonds is 2. The average molecular weight is 249 g/mol. The van der Waals surface area contributed by atoms with Gasteiger partial charge in [-0.15, -0.1) is 0 Å². The highest BCUT2D eigenvalue weighted by atomic mass is 16.4. The van der Waals surface area contributed by atoms with E-state index in [1.54, 1.807) is 12.1 Å². The SMILES string of the molecule is CN1CCCN(c2ccc(N)c(C(=O)O)c2)CC1. The monoisotopic (exact) mass is 249 g/mol. The van der Waals surface area contributed by atoms with Crippen molar-refractivity contribution in [3.05, 3.63) is 23.8 Å². The lowest BCUT2D eigenvalue weighted by molar-refractivity contribution is 0.0698. The largest absolute Gasteiger partial charge is 0.478 e. The summed E-state index contributed by atoms with van der Waals surface area (Å²) in [5, 5.41) is 9.08. The number of nitrogens with zero attached hydrogens (tertiary/aromatic N) is 2. The Morgan fingerprint density at radius 1 is 1.28 bits per heavy atom. The fraction of sp³-hybridized carbons (Fsp3) is 0.462. The van der Waals surface area contributed by atoms with Crippen LogP contribution in [0.25, 0.3) is 0 Å². The third kappa shape index (κ3) is 2.73. The molecule has 3 N–H and O–H groups in total. The molecule has 1 heterocycles. The molecule has 0 atom stereocenters. The number of hydrogen-bond donors (Lipinski definition) is 2. The molecule has 1 aliphatic heterocycles. The number of aromatic carboxylic acids is 1. The molecule has 1 aliphatic rings. The van der Waals surface area contributed by atoms with E-state index in [0.29, 0.717) is 5.69 Å². The molecule has 5 nitrogen and oxygen atoms in total. The maximum atomic E-state index is 11.1. The van der Waals surface area contributed by atoms with Crippen molar-refractivity contribution in [2.45, 2.75) is 6.42 Å². The van der Waals surface area contributed by atoms with Gasteiger partial charge in [0.15, 0.2) is 0 Å². The fourth-order valence-electron chi connectivity index (χ4n) is 2.23. The Morgan fingerprint density at radius 2 is 2.06 bits per heavy atom. The number of carbonyl (C=O) groups is 1. The van der Waals surface area contributed by atoms with Crippen molar-refractivity contribution in [3.63, 3.8) is 0 Å². The number of carboxylic acids is 1. The summed E-state index contributed by atoms with van der Waals surface area (Å²) in [6.45, 7) is 3.94. The Labute approximate surface area is 107 Å².